The fraction of sp³-hybridized carbons (Fsp3) is 0.429. The number of rotatable bonds is 6. The highest BCUT2D eigenvalue weighted by molar-refractivity contribution is 5.84. The zero-order valence-electron chi connectivity index (χ0n) is 11.5. The molecular weight excluding hydrogens is 244 g/mol. The van der Waals surface area contributed by atoms with Crippen molar-refractivity contribution in [2.45, 2.75) is 26.8 Å². The summed E-state index contributed by atoms with van der Waals surface area (Å²) in [5, 5.41) is 11.7. The van der Waals surface area contributed by atoms with Crippen LogP contribution in [0.3, 0.4) is 0 Å². The lowest BCUT2D eigenvalue weighted by molar-refractivity contribution is -0.135. The zero-order chi connectivity index (χ0) is 14.4. The van der Waals surface area contributed by atoms with Crippen LogP contribution in [0.1, 0.15) is 19.4 Å². The van der Waals surface area contributed by atoms with Crippen molar-refractivity contribution in [3.63, 3.8) is 0 Å². The number of carboxylic acids is 1. The predicted molar refractivity (Wildman–Crippen MR) is 74.3 cm³/mol. The molecule has 0 aliphatic rings. The number of amides is 1. The fourth-order valence-electron chi connectivity index (χ4n) is 1.70. The smallest absolute Gasteiger partial charge is 0.323 e. The van der Waals surface area contributed by atoms with Crippen LogP contribution in [0.5, 0.6) is 0 Å². The van der Waals surface area contributed by atoms with E-state index in [2.05, 4.69) is 5.32 Å². The van der Waals surface area contributed by atoms with Gasteiger partial charge in [0, 0.05) is 11.7 Å². The van der Waals surface area contributed by atoms with Gasteiger partial charge in [-0.2, -0.15) is 0 Å². The molecule has 0 unspecified atom stereocenters. The van der Waals surface area contributed by atoms with Crippen molar-refractivity contribution < 1.29 is 14.7 Å². The molecule has 0 aromatic heterocycles. The van der Waals surface area contributed by atoms with E-state index in [0.717, 1.165) is 11.3 Å². The SMILES string of the molecule is Cc1ccc(N(CC(=O)O)CC(=O)NC(C)C)cc1. The van der Waals surface area contributed by atoms with Crippen molar-refractivity contribution in [3.05, 3.63) is 29.8 Å². The highest BCUT2D eigenvalue weighted by Gasteiger charge is 2.15. The molecule has 0 aliphatic heterocycles. The summed E-state index contributed by atoms with van der Waals surface area (Å²) in [7, 11) is 0. The lowest BCUT2D eigenvalue weighted by atomic mass is 10.2. The van der Waals surface area contributed by atoms with Gasteiger partial charge in [0.2, 0.25) is 5.91 Å². The van der Waals surface area contributed by atoms with E-state index in [-0.39, 0.29) is 25.0 Å². The first-order chi connectivity index (χ1) is 8.88. The Labute approximate surface area is 113 Å². The minimum absolute atomic E-state index is 0.0353. The summed E-state index contributed by atoms with van der Waals surface area (Å²) in [4.78, 5) is 24.2. The molecule has 0 heterocycles. The van der Waals surface area contributed by atoms with Gasteiger partial charge in [0.05, 0.1) is 6.54 Å². The summed E-state index contributed by atoms with van der Waals surface area (Å²) in [6.07, 6.45) is 0. The lowest BCUT2D eigenvalue weighted by Gasteiger charge is -2.23. The zero-order valence-corrected chi connectivity index (χ0v) is 11.5. The molecule has 5 heteroatoms. The Bertz CT molecular complexity index is 441. The van der Waals surface area contributed by atoms with Gasteiger partial charge in [-0.25, -0.2) is 0 Å². The number of benzene rings is 1. The first kappa shape index (κ1) is 15.0. The maximum absolute atomic E-state index is 11.7. The van der Waals surface area contributed by atoms with E-state index < -0.39 is 5.97 Å². The quantitative estimate of drug-likeness (QED) is 0.815. The first-order valence-electron chi connectivity index (χ1n) is 6.21. The topological polar surface area (TPSA) is 69.6 Å². The van der Waals surface area contributed by atoms with Crippen molar-refractivity contribution in [3.8, 4) is 0 Å². The van der Waals surface area contributed by atoms with Crippen LogP contribution in [0.4, 0.5) is 5.69 Å². The van der Waals surface area contributed by atoms with Crippen LogP contribution in [0, 0.1) is 6.92 Å². The normalized spacial score (nSPS) is 10.3. The summed E-state index contributed by atoms with van der Waals surface area (Å²) in [5.74, 6) is -1.14. The van der Waals surface area contributed by atoms with Crippen molar-refractivity contribution in [2.75, 3.05) is 18.0 Å². The van der Waals surface area contributed by atoms with Crippen LogP contribution < -0.4 is 10.2 Å². The third kappa shape index (κ3) is 5.42. The van der Waals surface area contributed by atoms with E-state index in [4.69, 9.17) is 5.11 Å². The van der Waals surface area contributed by atoms with Gasteiger partial charge in [0.1, 0.15) is 6.54 Å². The summed E-state index contributed by atoms with van der Waals surface area (Å²) >= 11 is 0. The minimum Gasteiger partial charge on any atom is -0.480 e. The molecule has 0 spiro atoms. The predicted octanol–water partition coefficient (Wildman–Crippen LogP) is 1.41. The van der Waals surface area contributed by atoms with Gasteiger partial charge < -0.3 is 15.3 Å². The van der Waals surface area contributed by atoms with Crippen LogP contribution in [-0.2, 0) is 9.59 Å². The second-order valence-corrected chi connectivity index (χ2v) is 4.81. The van der Waals surface area contributed by atoms with Crippen molar-refractivity contribution in [1.82, 2.24) is 5.32 Å². The molecule has 5 nitrogen and oxygen atoms in total. The van der Waals surface area contributed by atoms with E-state index >= 15 is 0 Å². The molecular formula is C14H20N2O3. The van der Waals surface area contributed by atoms with E-state index in [0.29, 0.717) is 0 Å². The Hall–Kier alpha value is -2.04. The Balaban J connectivity index is 2.79. The maximum atomic E-state index is 11.7. The number of hydrogen-bond acceptors (Lipinski definition) is 3. The molecule has 1 amide bonds. The van der Waals surface area contributed by atoms with Gasteiger partial charge >= 0.3 is 5.97 Å². The van der Waals surface area contributed by atoms with Crippen molar-refractivity contribution in [2.24, 2.45) is 0 Å². The van der Waals surface area contributed by atoms with Gasteiger partial charge in [-0.15, -0.1) is 0 Å². The molecule has 0 saturated carbocycles. The molecule has 0 bridgehead atoms. The van der Waals surface area contributed by atoms with Gasteiger partial charge in [-0.3, -0.25) is 9.59 Å². The highest BCUT2D eigenvalue weighted by atomic mass is 16.4. The van der Waals surface area contributed by atoms with E-state index in [1.807, 2.05) is 45.0 Å². The number of aliphatic carboxylic acids is 1. The summed E-state index contributed by atoms with van der Waals surface area (Å²) in [6.45, 7) is 5.52. The third-order valence-corrected chi connectivity index (χ3v) is 2.51. The second kappa shape index (κ2) is 6.78. The Morgan fingerprint density at radius 3 is 2.26 bits per heavy atom. The summed E-state index contributed by atoms with van der Waals surface area (Å²) < 4.78 is 0. The van der Waals surface area contributed by atoms with Gasteiger partial charge in [-0.05, 0) is 32.9 Å². The monoisotopic (exact) mass is 264 g/mol. The van der Waals surface area contributed by atoms with E-state index in [1.54, 1.807) is 4.90 Å². The second-order valence-electron chi connectivity index (χ2n) is 4.81. The van der Waals surface area contributed by atoms with Crippen molar-refractivity contribution in [1.29, 1.82) is 0 Å². The Morgan fingerprint density at radius 2 is 1.79 bits per heavy atom. The molecule has 0 saturated heterocycles. The molecule has 1 aromatic carbocycles. The maximum Gasteiger partial charge on any atom is 0.323 e. The van der Waals surface area contributed by atoms with Gasteiger partial charge in [0.15, 0.2) is 0 Å². The number of nitrogens with one attached hydrogen (secondary N) is 1. The number of aryl methyl sites for hydroxylation is 1. The minimum atomic E-state index is -0.960. The number of nitrogens with zero attached hydrogens (tertiary/aromatic N) is 1. The first-order valence-corrected chi connectivity index (χ1v) is 6.21. The number of hydrogen-bond donors (Lipinski definition) is 2. The number of carbonyl (C=O) groups excluding carboxylic acids is 1. The van der Waals surface area contributed by atoms with Crippen LogP contribution in [0.15, 0.2) is 24.3 Å². The number of carbonyl (C=O) groups is 2. The molecule has 2 N–H and O–H groups in total. The standard InChI is InChI=1S/C14H20N2O3/c1-10(2)15-13(17)8-16(9-14(18)19)12-6-4-11(3)5-7-12/h4-7,10H,8-9H2,1-3H3,(H,15,17)(H,18,19). The summed E-state index contributed by atoms with van der Waals surface area (Å²) in [5.41, 5.74) is 1.82. The summed E-state index contributed by atoms with van der Waals surface area (Å²) in [6, 6.07) is 7.47. The molecule has 0 fully saturated rings. The van der Waals surface area contributed by atoms with Gasteiger partial charge in [0.25, 0.3) is 0 Å². The highest BCUT2D eigenvalue weighted by Crippen LogP contribution is 2.14. The number of anilines is 1. The molecule has 1 aromatic rings. The average molecular weight is 264 g/mol. The molecule has 0 aliphatic carbocycles. The Morgan fingerprint density at radius 1 is 1.21 bits per heavy atom. The van der Waals surface area contributed by atoms with Crippen LogP contribution in [-0.4, -0.2) is 36.1 Å². The van der Waals surface area contributed by atoms with Gasteiger partial charge in [-0.1, -0.05) is 17.7 Å². The lowest BCUT2D eigenvalue weighted by Crippen LogP contribution is -2.42. The van der Waals surface area contributed by atoms with Crippen LogP contribution in [0.25, 0.3) is 0 Å². The third-order valence-electron chi connectivity index (χ3n) is 2.51. The molecule has 19 heavy (non-hydrogen) atoms. The average Bonchev–Trinajstić information content (AvgIpc) is 2.27. The van der Waals surface area contributed by atoms with Crippen molar-refractivity contribution >= 4 is 17.6 Å². The molecule has 0 radical (unpaired) electrons. The molecule has 104 valence electrons. The largest absolute Gasteiger partial charge is 0.480 e. The van der Waals surface area contributed by atoms with E-state index in [1.165, 1.54) is 0 Å². The molecule has 0 atom stereocenters. The fourth-order valence-corrected chi connectivity index (χ4v) is 1.70. The molecule has 1 rings (SSSR count). The number of carboxylic acid groups (broad SMARTS) is 1. The Kier molecular flexibility index (Phi) is 5.36. The van der Waals surface area contributed by atoms with Crippen LogP contribution >= 0.6 is 0 Å². The van der Waals surface area contributed by atoms with E-state index in [9.17, 15) is 9.59 Å². The van der Waals surface area contributed by atoms with Crippen LogP contribution in [0.2, 0.25) is 0 Å².